The molecule has 0 aromatic rings. The SMILES string of the molecule is C=C1C(=O)O[C@@H]2C[C@H](C)C(=O)C[C@H](O)[C@](C)(O)C[C@@H](OC(=O)C(C)C)[C@@H]12. The van der Waals surface area contributed by atoms with Gasteiger partial charge < -0.3 is 19.7 Å². The van der Waals surface area contributed by atoms with Gasteiger partial charge in [-0.3, -0.25) is 9.59 Å². The van der Waals surface area contributed by atoms with Crippen molar-refractivity contribution in [1.29, 1.82) is 0 Å². The predicted molar refractivity (Wildman–Crippen MR) is 91.9 cm³/mol. The van der Waals surface area contributed by atoms with Crippen LogP contribution in [-0.4, -0.2) is 51.8 Å². The number of carbonyl (C=O) groups is 3. The minimum Gasteiger partial charge on any atom is -0.461 e. The first kappa shape index (κ1) is 20.6. The van der Waals surface area contributed by atoms with E-state index in [9.17, 15) is 24.6 Å². The monoisotopic (exact) mass is 368 g/mol. The van der Waals surface area contributed by atoms with Crippen molar-refractivity contribution in [3.63, 3.8) is 0 Å². The van der Waals surface area contributed by atoms with E-state index >= 15 is 0 Å². The molecule has 2 fully saturated rings. The maximum atomic E-state index is 12.3. The summed E-state index contributed by atoms with van der Waals surface area (Å²) in [5, 5.41) is 21.0. The van der Waals surface area contributed by atoms with Gasteiger partial charge in [0.05, 0.1) is 23.5 Å². The molecule has 0 unspecified atom stereocenters. The molecule has 0 amide bonds. The van der Waals surface area contributed by atoms with Crippen molar-refractivity contribution in [3.8, 4) is 0 Å². The van der Waals surface area contributed by atoms with E-state index in [1.54, 1.807) is 20.8 Å². The number of esters is 2. The van der Waals surface area contributed by atoms with E-state index in [1.165, 1.54) is 6.92 Å². The van der Waals surface area contributed by atoms with E-state index in [1.807, 2.05) is 0 Å². The third-order valence-electron chi connectivity index (χ3n) is 5.33. The Balaban J connectivity index is 2.43. The highest BCUT2D eigenvalue weighted by molar-refractivity contribution is 5.91. The lowest BCUT2D eigenvalue weighted by Gasteiger charge is -2.37. The molecule has 26 heavy (non-hydrogen) atoms. The van der Waals surface area contributed by atoms with Gasteiger partial charge in [-0.1, -0.05) is 27.4 Å². The molecule has 6 atom stereocenters. The number of rotatable bonds is 2. The average molecular weight is 368 g/mol. The van der Waals surface area contributed by atoms with Crippen molar-refractivity contribution in [1.82, 2.24) is 0 Å². The minimum atomic E-state index is -1.68. The van der Waals surface area contributed by atoms with Crippen molar-refractivity contribution in [2.45, 2.75) is 70.9 Å². The minimum absolute atomic E-state index is 0.134. The summed E-state index contributed by atoms with van der Waals surface area (Å²) in [6.45, 7) is 10.2. The molecule has 1 aliphatic carbocycles. The Morgan fingerprint density at radius 3 is 2.58 bits per heavy atom. The summed E-state index contributed by atoms with van der Waals surface area (Å²) in [5.41, 5.74) is -1.52. The van der Waals surface area contributed by atoms with Gasteiger partial charge in [0.25, 0.3) is 0 Å². The van der Waals surface area contributed by atoms with Crippen molar-refractivity contribution in [2.75, 3.05) is 0 Å². The molecule has 2 aliphatic rings. The fourth-order valence-corrected chi connectivity index (χ4v) is 3.47. The molecule has 1 saturated heterocycles. The topological polar surface area (TPSA) is 110 Å². The molecule has 7 heteroatoms. The van der Waals surface area contributed by atoms with E-state index in [4.69, 9.17) is 9.47 Å². The lowest BCUT2D eigenvalue weighted by atomic mass is 9.76. The second kappa shape index (κ2) is 7.48. The molecule has 0 aromatic carbocycles. The van der Waals surface area contributed by atoms with Gasteiger partial charge in [0.15, 0.2) is 0 Å². The zero-order valence-electron chi connectivity index (χ0n) is 15.7. The van der Waals surface area contributed by atoms with Crippen LogP contribution < -0.4 is 0 Å². The second-order valence-electron chi connectivity index (χ2n) is 8.01. The fourth-order valence-electron chi connectivity index (χ4n) is 3.47. The third kappa shape index (κ3) is 4.15. The number of hydrogen-bond donors (Lipinski definition) is 2. The highest BCUT2D eigenvalue weighted by atomic mass is 16.6. The normalized spacial score (nSPS) is 38.7. The van der Waals surface area contributed by atoms with Crippen LogP contribution >= 0.6 is 0 Å². The molecule has 2 rings (SSSR count). The van der Waals surface area contributed by atoms with Gasteiger partial charge in [-0.2, -0.15) is 0 Å². The summed E-state index contributed by atoms with van der Waals surface area (Å²) in [6.07, 6.45) is -2.96. The van der Waals surface area contributed by atoms with Crippen molar-refractivity contribution >= 4 is 17.7 Å². The first-order valence-corrected chi connectivity index (χ1v) is 8.97. The molecular formula is C19H28O7. The first-order valence-electron chi connectivity index (χ1n) is 8.97. The molecule has 2 N–H and O–H groups in total. The number of ketones is 1. The smallest absolute Gasteiger partial charge is 0.334 e. The highest BCUT2D eigenvalue weighted by Gasteiger charge is 2.50. The highest BCUT2D eigenvalue weighted by Crippen LogP contribution is 2.39. The molecule has 146 valence electrons. The van der Waals surface area contributed by atoms with Crippen LogP contribution in [0, 0.1) is 17.8 Å². The summed E-state index contributed by atoms with van der Waals surface area (Å²) in [7, 11) is 0. The average Bonchev–Trinajstić information content (AvgIpc) is 2.79. The number of carbonyl (C=O) groups excluding carboxylic acids is 3. The van der Waals surface area contributed by atoms with Gasteiger partial charge in [0, 0.05) is 24.3 Å². The van der Waals surface area contributed by atoms with Crippen LogP contribution in [0.15, 0.2) is 12.2 Å². The molecule has 1 heterocycles. The molecule has 7 nitrogen and oxygen atoms in total. The lowest BCUT2D eigenvalue weighted by molar-refractivity contribution is -0.167. The number of hydrogen-bond acceptors (Lipinski definition) is 7. The lowest BCUT2D eigenvalue weighted by Crippen LogP contribution is -2.49. The quantitative estimate of drug-likeness (QED) is 0.556. The van der Waals surface area contributed by atoms with Gasteiger partial charge in [-0.05, 0) is 13.3 Å². The van der Waals surface area contributed by atoms with Crippen molar-refractivity contribution < 1.29 is 34.1 Å². The zero-order valence-corrected chi connectivity index (χ0v) is 15.7. The van der Waals surface area contributed by atoms with Crippen molar-refractivity contribution in [3.05, 3.63) is 12.2 Å². The second-order valence-corrected chi connectivity index (χ2v) is 8.01. The van der Waals surface area contributed by atoms with Crippen LogP contribution in [-0.2, 0) is 23.9 Å². The van der Waals surface area contributed by atoms with Crippen LogP contribution in [0.25, 0.3) is 0 Å². The first-order chi connectivity index (χ1) is 11.9. The van der Waals surface area contributed by atoms with Crippen LogP contribution in [0.5, 0.6) is 0 Å². The zero-order chi connectivity index (χ0) is 19.8. The van der Waals surface area contributed by atoms with Gasteiger partial charge in [-0.25, -0.2) is 4.79 Å². The van der Waals surface area contributed by atoms with Crippen LogP contribution in [0.2, 0.25) is 0 Å². The Hall–Kier alpha value is -1.73. The van der Waals surface area contributed by atoms with E-state index in [0.29, 0.717) is 0 Å². The summed E-state index contributed by atoms with van der Waals surface area (Å²) in [4.78, 5) is 36.5. The predicted octanol–water partition coefficient (Wildman–Crippen LogP) is 1.15. The van der Waals surface area contributed by atoms with E-state index < -0.39 is 53.6 Å². The summed E-state index contributed by atoms with van der Waals surface area (Å²) < 4.78 is 10.9. The van der Waals surface area contributed by atoms with Gasteiger partial charge in [0.1, 0.15) is 18.0 Å². The standard InChI is InChI=1S/C19H28O7/c1-9(2)17(22)26-14-8-19(5,24)15(21)7-12(20)10(3)6-13-16(14)11(4)18(23)25-13/h9-10,13-16,21,24H,4,6-8H2,1-3,5H3/t10-,13+,14+,15-,16-,19+/m0/s1. The molecule has 0 spiro atoms. The molecule has 1 saturated carbocycles. The van der Waals surface area contributed by atoms with E-state index in [-0.39, 0.29) is 30.6 Å². The van der Waals surface area contributed by atoms with Gasteiger partial charge in [0.2, 0.25) is 0 Å². The third-order valence-corrected chi connectivity index (χ3v) is 5.33. The number of Topliss-reactive ketones (excluding diaryl/α,β-unsaturated/α-hetero) is 1. The summed E-state index contributed by atoms with van der Waals surface area (Å²) >= 11 is 0. The molecule has 0 bridgehead atoms. The van der Waals surface area contributed by atoms with E-state index in [0.717, 1.165) is 0 Å². The number of aliphatic hydroxyl groups excluding tert-OH is 1. The Morgan fingerprint density at radius 2 is 2.00 bits per heavy atom. The van der Waals surface area contributed by atoms with Gasteiger partial charge in [-0.15, -0.1) is 0 Å². The Labute approximate surface area is 153 Å². The van der Waals surface area contributed by atoms with Gasteiger partial charge >= 0.3 is 11.9 Å². The fraction of sp³-hybridized carbons (Fsp3) is 0.737. The van der Waals surface area contributed by atoms with Crippen LogP contribution in [0.1, 0.15) is 47.0 Å². The number of fused-ring (bicyclic) bond motifs is 1. The summed E-state index contributed by atoms with van der Waals surface area (Å²) in [6, 6.07) is 0. The number of ether oxygens (including phenoxy) is 2. The van der Waals surface area contributed by atoms with E-state index in [2.05, 4.69) is 6.58 Å². The maximum absolute atomic E-state index is 12.3. The molecule has 0 radical (unpaired) electrons. The Kier molecular flexibility index (Phi) is 5.92. The van der Waals surface area contributed by atoms with Crippen molar-refractivity contribution in [2.24, 2.45) is 17.8 Å². The molecule has 0 aromatic heterocycles. The Bertz CT molecular complexity index is 607. The van der Waals surface area contributed by atoms with Crippen LogP contribution in [0.4, 0.5) is 0 Å². The number of aliphatic hydroxyl groups is 2. The van der Waals surface area contributed by atoms with Crippen LogP contribution in [0.3, 0.4) is 0 Å². The maximum Gasteiger partial charge on any atom is 0.334 e. The molecular weight excluding hydrogens is 340 g/mol. The molecule has 1 aliphatic heterocycles. The summed E-state index contributed by atoms with van der Waals surface area (Å²) in [5.74, 6) is -2.84. The largest absolute Gasteiger partial charge is 0.461 e. The Morgan fingerprint density at radius 1 is 1.38 bits per heavy atom.